The number of nitrogens with zero attached hydrogens (tertiary/aromatic N) is 5. The lowest BCUT2D eigenvalue weighted by molar-refractivity contribution is -0.274. The van der Waals surface area contributed by atoms with Gasteiger partial charge in [0.1, 0.15) is 23.7 Å². The Morgan fingerprint density at radius 3 is 2.47 bits per heavy atom. The molecule has 4 aromatic carbocycles. The number of carbonyl (C=O) groups is 5. The molecule has 1 atom stereocenters. The quantitative estimate of drug-likeness (QED) is 0.0670. The van der Waals surface area contributed by atoms with Gasteiger partial charge in [-0.2, -0.15) is 0 Å². The minimum atomic E-state index is -5.00. The lowest BCUT2D eigenvalue weighted by Crippen LogP contribution is -2.59. The van der Waals surface area contributed by atoms with Crippen molar-refractivity contribution in [1.29, 1.82) is 0 Å². The Hall–Kier alpha value is -8.30. The number of amides is 5. The minimum Gasteiger partial charge on any atom is -0.493 e. The van der Waals surface area contributed by atoms with Crippen LogP contribution in [0.2, 0.25) is 0 Å². The molecule has 0 spiro atoms. The third-order valence-corrected chi connectivity index (χ3v) is 12.3. The van der Waals surface area contributed by atoms with Gasteiger partial charge in [0.2, 0.25) is 29.0 Å². The van der Waals surface area contributed by atoms with Gasteiger partial charge in [0.25, 0.3) is 11.8 Å². The Balaban J connectivity index is 0.772. The first-order valence-electron chi connectivity index (χ1n) is 21.9. The zero-order valence-corrected chi connectivity index (χ0v) is 37.6. The number of methoxy groups -OCH3 is 1. The number of piperidine rings is 1. The maximum absolute atomic E-state index is 15.6. The number of nitrogens with one attached hydrogen (secondary N) is 3. The molecule has 0 radical (unpaired) electrons. The van der Waals surface area contributed by atoms with E-state index in [1.165, 1.54) is 55.1 Å². The number of alkyl halides is 3. The van der Waals surface area contributed by atoms with Crippen LogP contribution in [0.4, 0.5) is 28.9 Å². The molecule has 22 heteroatoms. The summed E-state index contributed by atoms with van der Waals surface area (Å²) in [5.74, 6) is -3.38. The second-order valence-corrected chi connectivity index (χ2v) is 16.8. The zero-order valence-electron chi connectivity index (χ0n) is 37.6. The number of rotatable bonds is 14. The molecule has 5 amide bonds. The first kappa shape index (κ1) is 46.8. The van der Waals surface area contributed by atoms with Gasteiger partial charge in [-0.3, -0.25) is 34.1 Å². The summed E-state index contributed by atoms with van der Waals surface area (Å²) in [5, 5.41) is 7.96. The van der Waals surface area contributed by atoms with Gasteiger partial charge in [0, 0.05) is 74.3 Å². The van der Waals surface area contributed by atoms with Crippen molar-refractivity contribution in [3.05, 3.63) is 111 Å². The molecule has 9 rings (SSSR count). The minimum absolute atomic E-state index is 0.0383. The van der Waals surface area contributed by atoms with Crippen LogP contribution in [-0.4, -0.2) is 94.2 Å². The van der Waals surface area contributed by atoms with E-state index in [2.05, 4.69) is 35.6 Å². The molecule has 1 unspecified atom stereocenters. The average molecular weight is 967 g/mol. The number of fused-ring (bicyclic) bond motifs is 3. The van der Waals surface area contributed by atoms with Gasteiger partial charge >= 0.3 is 6.36 Å². The first-order chi connectivity index (χ1) is 33.4. The molecular formula is C48H42F4N8O10. The molecule has 362 valence electrons. The third-order valence-electron chi connectivity index (χ3n) is 12.3. The van der Waals surface area contributed by atoms with E-state index in [-0.39, 0.29) is 101 Å². The van der Waals surface area contributed by atoms with Crippen molar-refractivity contribution < 1.29 is 60.5 Å². The Morgan fingerprint density at radius 2 is 1.73 bits per heavy atom. The number of ether oxygens (including phenoxy) is 4. The van der Waals surface area contributed by atoms with Crippen molar-refractivity contribution in [3.8, 4) is 28.9 Å². The fourth-order valence-electron chi connectivity index (χ4n) is 8.71. The van der Waals surface area contributed by atoms with Gasteiger partial charge < -0.3 is 43.9 Å². The van der Waals surface area contributed by atoms with Crippen LogP contribution in [0, 0.1) is 12.7 Å². The number of anilines is 2. The van der Waals surface area contributed by atoms with Gasteiger partial charge in [-0.15, -0.1) is 13.2 Å². The molecule has 0 bridgehead atoms. The van der Waals surface area contributed by atoms with Crippen LogP contribution < -0.4 is 45.2 Å². The Kier molecular flexibility index (Phi) is 12.5. The van der Waals surface area contributed by atoms with Gasteiger partial charge in [0.15, 0.2) is 23.1 Å². The molecule has 5 heterocycles. The number of aromatic nitrogens is 3. The van der Waals surface area contributed by atoms with Crippen molar-refractivity contribution in [2.75, 3.05) is 37.0 Å². The van der Waals surface area contributed by atoms with Crippen LogP contribution in [0.25, 0.3) is 21.8 Å². The predicted octanol–water partition coefficient (Wildman–Crippen LogP) is 5.81. The lowest BCUT2D eigenvalue weighted by atomic mass is 10.0. The molecule has 0 aliphatic carbocycles. The second-order valence-electron chi connectivity index (χ2n) is 16.8. The van der Waals surface area contributed by atoms with Gasteiger partial charge in [-0.25, -0.2) is 14.4 Å². The summed E-state index contributed by atoms with van der Waals surface area (Å²) >= 11 is 0. The van der Waals surface area contributed by atoms with Crippen molar-refractivity contribution >= 4 is 62.7 Å². The standard InChI is InChI=1S/C48H42F4N8O10/c1-24-42(43(63)32-17-29(70-48(50,51)52)8-10-35(32)58(24)2)45(65)56-26-6-12-37(33(49)16-26)69-46-31-18-38(67-3)39(19-34(31)53-23-54-46)68-14-4-5-40(61)55-27-21-59(22-27)28-7-9-30-25(15-28)20-60(47(30)66)36-11-13-41(62)57-44(36)64/h6-10,12,15-19,23,27,36H,4-5,11,13-14,20-22H2,1-3H3,(H,55,61)(H,56,65)(H,57,62,64). The monoisotopic (exact) mass is 966 g/mol. The summed E-state index contributed by atoms with van der Waals surface area (Å²) in [6.45, 7) is 3.06. The van der Waals surface area contributed by atoms with Crippen molar-refractivity contribution in [2.24, 2.45) is 7.05 Å². The number of halogens is 4. The number of hydrogen-bond donors (Lipinski definition) is 3. The molecule has 18 nitrogen and oxygen atoms in total. The van der Waals surface area contributed by atoms with E-state index < -0.39 is 41.2 Å². The smallest absolute Gasteiger partial charge is 0.493 e. The molecule has 2 aromatic heterocycles. The fourth-order valence-corrected chi connectivity index (χ4v) is 8.71. The maximum atomic E-state index is 15.6. The van der Waals surface area contributed by atoms with Gasteiger partial charge in [0.05, 0.1) is 41.6 Å². The normalized spacial score (nSPS) is 15.9. The highest BCUT2D eigenvalue weighted by molar-refractivity contribution is 6.07. The Bertz CT molecular complexity index is 3210. The summed E-state index contributed by atoms with van der Waals surface area (Å²) in [7, 11) is 2.96. The largest absolute Gasteiger partial charge is 0.573 e. The van der Waals surface area contributed by atoms with E-state index >= 15 is 4.39 Å². The number of hydrogen-bond acceptors (Lipinski definition) is 13. The molecular weight excluding hydrogens is 925 g/mol. The van der Waals surface area contributed by atoms with Crippen LogP contribution in [0.1, 0.15) is 57.7 Å². The maximum Gasteiger partial charge on any atom is 0.573 e. The fraction of sp³-hybridized carbons (Fsp3) is 0.292. The van der Waals surface area contributed by atoms with Gasteiger partial charge in [-0.05, 0) is 79.9 Å². The van der Waals surface area contributed by atoms with E-state index in [9.17, 15) is 41.9 Å². The predicted molar refractivity (Wildman–Crippen MR) is 242 cm³/mol. The molecule has 2 saturated heterocycles. The summed E-state index contributed by atoms with van der Waals surface area (Å²) in [6, 6.07) is 14.6. The molecule has 0 saturated carbocycles. The second kappa shape index (κ2) is 18.7. The highest BCUT2D eigenvalue weighted by Gasteiger charge is 2.40. The highest BCUT2D eigenvalue weighted by atomic mass is 19.4. The van der Waals surface area contributed by atoms with E-state index in [4.69, 9.17) is 14.2 Å². The topological polar surface area (TPSA) is 213 Å². The Morgan fingerprint density at radius 1 is 0.929 bits per heavy atom. The average Bonchev–Trinajstić information content (AvgIpc) is 3.62. The molecule has 3 aliphatic heterocycles. The highest BCUT2D eigenvalue weighted by Crippen LogP contribution is 2.38. The van der Waals surface area contributed by atoms with Crippen molar-refractivity contribution in [2.45, 2.75) is 57.6 Å². The summed E-state index contributed by atoms with van der Waals surface area (Å²) in [6.07, 6.45) is -2.77. The first-order valence-corrected chi connectivity index (χ1v) is 21.9. The Labute approximate surface area is 394 Å². The molecule has 3 N–H and O–H groups in total. The van der Waals surface area contributed by atoms with Crippen molar-refractivity contribution in [3.63, 3.8) is 0 Å². The van der Waals surface area contributed by atoms with E-state index in [1.807, 2.05) is 12.1 Å². The van der Waals surface area contributed by atoms with E-state index in [0.29, 0.717) is 41.7 Å². The molecule has 3 aliphatic rings. The van der Waals surface area contributed by atoms with Gasteiger partial charge in [-0.1, -0.05) is 0 Å². The number of imide groups is 1. The zero-order chi connectivity index (χ0) is 49.6. The van der Waals surface area contributed by atoms with Crippen LogP contribution in [0.15, 0.2) is 77.9 Å². The number of pyridine rings is 1. The molecule has 70 heavy (non-hydrogen) atoms. The van der Waals surface area contributed by atoms with Crippen LogP contribution in [-0.2, 0) is 28.0 Å². The summed E-state index contributed by atoms with van der Waals surface area (Å²) in [5.41, 5.74) is 1.78. The molecule has 2 fully saturated rings. The number of aryl methyl sites for hydroxylation is 1. The number of carbonyl (C=O) groups excluding carboxylic acids is 5. The summed E-state index contributed by atoms with van der Waals surface area (Å²) in [4.78, 5) is 88.8. The summed E-state index contributed by atoms with van der Waals surface area (Å²) < 4.78 is 77.0. The third kappa shape index (κ3) is 9.43. The number of benzene rings is 4. The van der Waals surface area contributed by atoms with Crippen molar-refractivity contribution in [1.82, 2.24) is 30.1 Å². The van der Waals surface area contributed by atoms with E-state index in [1.54, 1.807) is 18.2 Å². The van der Waals surface area contributed by atoms with E-state index in [0.717, 1.165) is 29.4 Å². The van der Waals surface area contributed by atoms with Crippen LogP contribution >= 0.6 is 0 Å². The van der Waals surface area contributed by atoms with Crippen LogP contribution in [0.3, 0.4) is 0 Å². The lowest BCUT2D eigenvalue weighted by Gasteiger charge is -2.41. The SMILES string of the molecule is COc1cc2c(Oc3ccc(NC(=O)c4c(C)n(C)c5ccc(OC(F)(F)F)cc5c4=O)cc3F)ncnc2cc1OCCCC(=O)NC1CN(c2ccc3c(c2)CN(C2CCC(=O)NC2=O)C3=O)C1. The molecule has 6 aromatic rings. The van der Waals surface area contributed by atoms with Crippen LogP contribution in [0.5, 0.6) is 28.9 Å².